The Morgan fingerprint density at radius 3 is 2.55 bits per heavy atom. The Kier molecular flexibility index (Phi) is 6.59. The fourth-order valence-corrected chi connectivity index (χ4v) is 5.51. The van der Waals surface area contributed by atoms with Gasteiger partial charge in [0.15, 0.2) is 5.11 Å². The van der Waals surface area contributed by atoms with E-state index in [0.29, 0.717) is 39.1 Å². The van der Waals surface area contributed by atoms with Crippen LogP contribution in [0.4, 0.5) is 17.1 Å². The molecule has 194 valence electrons. The molecule has 1 aliphatic rings. The summed E-state index contributed by atoms with van der Waals surface area (Å²) >= 11 is 5.74. The van der Waals surface area contributed by atoms with Gasteiger partial charge in [-0.1, -0.05) is 18.2 Å². The molecule has 0 aliphatic carbocycles. The highest BCUT2D eigenvalue weighted by Gasteiger charge is 2.43. The average Bonchev–Trinajstić information content (AvgIpc) is 3.49. The van der Waals surface area contributed by atoms with E-state index in [1.165, 1.54) is 6.07 Å². The fourth-order valence-electron chi connectivity index (χ4n) is 4.53. The third kappa shape index (κ3) is 4.95. The molecule has 2 aromatic heterocycles. The fraction of sp³-hybridized carbons (Fsp3) is 0.154. The summed E-state index contributed by atoms with van der Waals surface area (Å²) in [5.41, 5.74) is 2.92. The highest BCUT2D eigenvalue weighted by Crippen LogP contribution is 2.44. The second-order valence-corrected chi connectivity index (χ2v) is 11.0. The van der Waals surface area contributed by atoms with E-state index in [9.17, 15) is 18.5 Å². The van der Waals surface area contributed by atoms with Crippen LogP contribution in [-0.2, 0) is 10.0 Å². The third-order valence-electron chi connectivity index (χ3n) is 6.17. The van der Waals surface area contributed by atoms with Crippen molar-refractivity contribution in [3.05, 3.63) is 106 Å². The van der Waals surface area contributed by atoms with E-state index in [1.807, 2.05) is 29.2 Å². The molecule has 0 spiro atoms. The summed E-state index contributed by atoms with van der Waals surface area (Å²) in [6.07, 6.45) is 2.79. The second kappa shape index (κ2) is 9.88. The number of nitro groups is 1. The molecule has 38 heavy (non-hydrogen) atoms. The summed E-state index contributed by atoms with van der Waals surface area (Å²) in [4.78, 5) is 17.6. The van der Waals surface area contributed by atoms with E-state index in [2.05, 4.69) is 15.0 Å². The monoisotopic (exact) mass is 549 g/mol. The molecule has 1 saturated heterocycles. The molecular weight excluding hydrogens is 526 g/mol. The van der Waals surface area contributed by atoms with E-state index in [1.54, 1.807) is 55.6 Å². The maximum atomic E-state index is 11.8. The molecule has 2 N–H and O–H groups in total. The molecule has 10 nitrogen and oxygen atoms in total. The molecule has 2 unspecified atom stereocenters. The summed E-state index contributed by atoms with van der Waals surface area (Å²) in [6.45, 7) is 1.80. The molecule has 4 aromatic rings. The largest absolute Gasteiger partial charge is 0.459 e. The molecule has 2 aromatic carbocycles. The maximum absolute atomic E-state index is 11.8. The van der Waals surface area contributed by atoms with Crippen LogP contribution in [0.1, 0.15) is 29.1 Å². The first-order valence-electron chi connectivity index (χ1n) is 11.5. The third-order valence-corrected chi connectivity index (χ3v) is 7.07. The van der Waals surface area contributed by atoms with Gasteiger partial charge in [-0.25, -0.2) is 8.42 Å². The number of nitro benzene ring substituents is 1. The molecule has 3 heterocycles. The Bertz CT molecular complexity index is 1640. The Hall–Kier alpha value is -4.29. The molecule has 0 bridgehead atoms. The first-order valence-corrected chi connectivity index (χ1v) is 13.8. The van der Waals surface area contributed by atoms with E-state index in [0.717, 1.165) is 11.9 Å². The van der Waals surface area contributed by atoms with Gasteiger partial charge in [0.2, 0.25) is 10.0 Å². The van der Waals surface area contributed by atoms with Crippen molar-refractivity contribution in [2.75, 3.05) is 15.9 Å². The molecule has 12 heteroatoms. The van der Waals surface area contributed by atoms with Crippen LogP contribution in [-0.4, -0.2) is 29.7 Å². The zero-order valence-corrected chi connectivity index (χ0v) is 22.0. The molecule has 0 amide bonds. The number of hydrogen-bond acceptors (Lipinski definition) is 7. The number of nitrogens with one attached hydrogen (secondary N) is 2. The summed E-state index contributed by atoms with van der Waals surface area (Å²) in [5, 5.41) is 15.4. The topological polar surface area (TPSA) is 131 Å². The van der Waals surface area contributed by atoms with Gasteiger partial charge in [-0.3, -0.25) is 19.8 Å². The van der Waals surface area contributed by atoms with Gasteiger partial charge in [0.25, 0.3) is 5.69 Å². The van der Waals surface area contributed by atoms with E-state index in [4.69, 9.17) is 16.6 Å². The summed E-state index contributed by atoms with van der Waals surface area (Å²) in [5.74, 6) is 0.880. The summed E-state index contributed by atoms with van der Waals surface area (Å²) in [7, 11) is -3.45. The highest BCUT2D eigenvalue weighted by molar-refractivity contribution is 7.92. The Morgan fingerprint density at radius 1 is 1.11 bits per heavy atom. The van der Waals surface area contributed by atoms with Gasteiger partial charge in [0.05, 0.1) is 34.2 Å². The minimum absolute atomic E-state index is 0.0591. The van der Waals surface area contributed by atoms with E-state index < -0.39 is 21.0 Å². The Morgan fingerprint density at radius 2 is 1.87 bits per heavy atom. The first kappa shape index (κ1) is 25.4. The molecule has 0 radical (unpaired) electrons. The van der Waals surface area contributed by atoms with Crippen molar-refractivity contribution in [3.63, 3.8) is 0 Å². The normalized spacial score (nSPS) is 17.3. The zero-order chi connectivity index (χ0) is 27.0. The predicted molar refractivity (Wildman–Crippen MR) is 148 cm³/mol. The maximum Gasteiger partial charge on any atom is 0.280 e. The lowest BCUT2D eigenvalue weighted by Crippen LogP contribution is -2.29. The number of pyridine rings is 1. The number of nitrogens with zero attached hydrogens (tertiary/aromatic N) is 3. The minimum atomic E-state index is -3.45. The second-order valence-electron chi connectivity index (χ2n) is 8.85. The SMILES string of the molecule is Cc1cc(N2C(=S)NC(c3ccccn3)C2c2ccc(-c3ccccc3[N+](=O)[O-])o2)ccc1NS(C)(=O)=O. The lowest BCUT2D eigenvalue weighted by molar-refractivity contribution is -0.384. The van der Waals surface area contributed by atoms with Crippen molar-refractivity contribution in [2.45, 2.75) is 19.0 Å². The van der Waals surface area contributed by atoms with Crippen molar-refractivity contribution in [1.29, 1.82) is 0 Å². The molecule has 1 fully saturated rings. The van der Waals surface area contributed by atoms with Gasteiger partial charge in [-0.15, -0.1) is 0 Å². The Labute approximate surface area is 224 Å². The van der Waals surface area contributed by atoms with Crippen LogP contribution in [0.3, 0.4) is 0 Å². The summed E-state index contributed by atoms with van der Waals surface area (Å²) in [6, 6.07) is 19.9. The number of benzene rings is 2. The number of hydrogen-bond donors (Lipinski definition) is 2. The number of thiocarbonyl (C=S) groups is 1. The van der Waals surface area contributed by atoms with Crippen LogP contribution >= 0.6 is 12.2 Å². The number of para-hydroxylation sites is 1. The van der Waals surface area contributed by atoms with E-state index >= 15 is 0 Å². The van der Waals surface area contributed by atoms with Crippen LogP contribution in [0.2, 0.25) is 0 Å². The van der Waals surface area contributed by atoms with Gasteiger partial charge in [0, 0.05) is 18.0 Å². The van der Waals surface area contributed by atoms with Gasteiger partial charge in [0.1, 0.15) is 17.6 Å². The lowest BCUT2D eigenvalue weighted by atomic mass is 10.0. The number of furan rings is 1. The summed E-state index contributed by atoms with van der Waals surface area (Å²) < 4.78 is 32.3. The number of rotatable bonds is 7. The Balaban J connectivity index is 1.60. The van der Waals surface area contributed by atoms with Gasteiger partial charge >= 0.3 is 0 Å². The van der Waals surface area contributed by atoms with Gasteiger partial charge < -0.3 is 14.6 Å². The molecule has 1 aliphatic heterocycles. The molecule has 5 rings (SSSR count). The van der Waals surface area contributed by atoms with Gasteiger partial charge in [-0.05, 0) is 73.2 Å². The van der Waals surface area contributed by atoms with Crippen LogP contribution < -0.4 is 14.9 Å². The van der Waals surface area contributed by atoms with Crippen LogP contribution in [0.5, 0.6) is 0 Å². The number of sulfonamides is 1. The van der Waals surface area contributed by atoms with Crippen molar-refractivity contribution in [1.82, 2.24) is 10.3 Å². The van der Waals surface area contributed by atoms with Crippen molar-refractivity contribution in [2.24, 2.45) is 0 Å². The van der Waals surface area contributed by atoms with Crippen LogP contribution in [0, 0.1) is 17.0 Å². The average molecular weight is 550 g/mol. The number of aryl methyl sites for hydroxylation is 1. The zero-order valence-electron chi connectivity index (χ0n) is 20.4. The van der Waals surface area contributed by atoms with Crippen LogP contribution in [0.15, 0.2) is 83.4 Å². The van der Waals surface area contributed by atoms with Crippen LogP contribution in [0.25, 0.3) is 11.3 Å². The quantitative estimate of drug-likeness (QED) is 0.183. The van der Waals surface area contributed by atoms with Gasteiger partial charge in [-0.2, -0.15) is 0 Å². The van der Waals surface area contributed by atoms with Crippen molar-refractivity contribution >= 4 is 44.4 Å². The molecular formula is C26H23N5O5S2. The number of aromatic nitrogens is 1. The lowest BCUT2D eigenvalue weighted by Gasteiger charge is -2.26. The van der Waals surface area contributed by atoms with E-state index in [-0.39, 0.29) is 11.7 Å². The smallest absolute Gasteiger partial charge is 0.280 e. The highest BCUT2D eigenvalue weighted by atomic mass is 32.2. The molecule has 0 saturated carbocycles. The molecule has 2 atom stereocenters. The number of anilines is 2. The standard InChI is InChI=1S/C26H23N5O5S2/c1-16-15-17(10-11-19(16)29-38(2,34)35)30-25(24(28-26(30)37)20-8-5-6-14-27-20)23-13-12-22(36-23)18-7-3-4-9-21(18)31(32)33/h3-15,24-25,29H,1-2H3,(H,28,37). The minimum Gasteiger partial charge on any atom is -0.459 e. The van der Waals surface area contributed by atoms with Crippen molar-refractivity contribution in [3.8, 4) is 11.3 Å². The predicted octanol–water partition coefficient (Wildman–Crippen LogP) is 5.11. The van der Waals surface area contributed by atoms with Crippen molar-refractivity contribution < 1.29 is 17.8 Å². The first-order chi connectivity index (χ1) is 18.1.